The third-order valence-electron chi connectivity index (χ3n) is 5.63. The van der Waals surface area contributed by atoms with Crippen LogP contribution in [0.25, 0.3) is 0 Å². The van der Waals surface area contributed by atoms with E-state index in [0.29, 0.717) is 11.7 Å². The molecule has 1 amide bonds. The number of likely N-dealkylation sites (tertiary alicyclic amines) is 2. The molecule has 1 aromatic heterocycles. The van der Waals surface area contributed by atoms with E-state index in [9.17, 15) is 4.79 Å². The molecule has 25 heavy (non-hydrogen) atoms. The summed E-state index contributed by atoms with van der Waals surface area (Å²) in [6.07, 6.45) is 9.19. The predicted octanol–water partition coefficient (Wildman–Crippen LogP) is 2.92. The molecule has 0 N–H and O–H groups in total. The molecule has 2 aliphatic rings. The molecule has 5 nitrogen and oxygen atoms in total. The number of nitrogens with zero attached hydrogens (tertiary/aromatic N) is 4. The molecule has 0 spiro atoms. The minimum absolute atomic E-state index is 0.00440. The number of benzene rings is 1. The zero-order valence-corrected chi connectivity index (χ0v) is 14.6. The summed E-state index contributed by atoms with van der Waals surface area (Å²) in [7, 11) is 2.20. The Kier molecular flexibility index (Phi) is 4.49. The van der Waals surface area contributed by atoms with Gasteiger partial charge >= 0.3 is 0 Å². The van der Waals surface area contributed by atoms with Gasteiger partial charge in [-0.15, -0.1) is 0 Å². The van der Waals surface area contributed by atoms with Gasteiger partial charge in [0, 0.05) is 24.5 Å². The normalized spacial score (nSPS) is 26.9. The molecule has 2 aromatic rings. The molecular weight excluding hydrogens is 312 g/mol. The third-order valence-corrected chi connectivity index (χ3v) is 5.63. The van der Waals surface area contributed by atoms with E-state index in [0.717, 1.165) is 25.8 Å². The number of carbonyl (C=O) groups is 1. The Balaban J connectivity index is 1.73. The van der Waals surface area contributed by atoms with Crippen molar-refractivity contribution < 1.29 is 4.79 Å². The van der Waals surface area contributed by atoms with E-state index in [1.165, 1.54) is 12.0 Å². The molecule has 3 atom stereocenters. The maximum atomic E-state index is 13.3. The molecule has 1 aromatic carbocycles. The fourth-order valence-corrected chi connectivity index (χ4v) is 4.41. The van der Waals surface area contributed by atoms with Crippen LogP contribution in [0.15, 0.2) is 48.9 Å². The molecule has 0 bridgehead atoms. The fraction of sp³-hybridized carbons (Fsp3) is 0.450. The third kappa shape index (κ3) is 3.04. The maximum Gasteiger partial charge on any atom is 0.274 e. The largest absolute Gasteiger partial charge is 0.326 e. The summed E-state index contributed by atoms with van der Waals surface area (Å²) in [5.41, 5.74) is 1.65. The van der Waals surface area contributed by atoms with Crippen molar-refractivity contribution in [2.45, 2.75) is 43.8 Å². The topological polar surface area (TPSA) is 49.3 Å². The summed E-state index contributed by atoms with van der Waals surface area (Å²) in [5.74, 6) is 0.00440. The second kappa shape index (κ2) is 6.92. The first kappa shape index (κ1) is 16.2. The Morgan fingerprint density at radius 1 is 1.12 bits per heavy atom. The van der Waals surface area contributed by atoms with E-state index in [4.69, 9.17) is 0 Å². The van der Waals surface area contributed by atoms with Gasteiger partial charge in [-0.25, -0.2) is 4.98 Å². The predicted molar refractivity (Wildman–Crippen MR) is 96.1 cm³/mol. The Bertz CT molecular complexity index is 721. The Morgan fingerprint density at radius 2 is 1.96 bits per heavy atom. The van der Waals surface area contributed by atoms with E-state index in [2.05, 4.69) is 51.1 Å². The lowest BCUT2D eigenvalue weighted by atomic mass is 10.0. The van der Waals surface area contributed by atoms with E-state index in [-0.39, 0.29) is 18.0 Å². The van der Waals surface area contributed by atoms with Gasteiger partial charge in [-0.1, -0.05) is 36.8 Å². The van der Waals surface area contributed by atoms with E-state index < -0.39 is 0 Å². The zero-order valence-electron chi connectivity index (χ0n) is 14.6. The van der Waals surface area contributed by atoms with Crippen molar-refractivity contribution >= 4 is 5.91 Å². The van der Waals surface area contributed by atoms with Crippen molar-refractivity contribution in [3.8, 4) is 0 Å². The molecule has 0 saturated carbocycles. The van der Waals surface area contributed by atoms with Gasteiger partial charge in [0.1, 0.15) is 5.69 Å². The maximum absolute atomic E-state index is 13.3. The molecule has 0 aliphatic carbocycles. The first-order chi connectivity index (χ1) is 12.3. The van der Waals surface area contributed by atoms with Crippen LogP contribution in [0, 0.1) is 0 Å². The molecule has 4 rings (SSSR count). The lowest BCUT2D eigenvalue weighted by molar-refractivity contribution is 0.0625. The summed E-state index contributed by atoms with van der Waals surface area (Å²) >= 11 is 0. The molecular formula is C20H24N4O. The second-order valence-corrected chi connectivity index (χ2v) is 7.08. The van der Waals surface area contributed by atoms with Gasteiger partial charge in [-0.2, -0.15) is 0 Å². The SMILES string of the molecule is CN1CCCC[C@H]2[C@H]1C[C@@H](c1ccccc1)N2C(=O)c1cnccn1. The van der Waals surface area contributed by atoms with Crippen LogP contribution in [-0.2, 0) is 0 Å². The first-order valence-corrected chi connectivity index (χ1v) is 9.09. The number of fused-ring (bicyclic) bond motifs is 1. The minimum atomic E-state index is 0.00440. The van der Waals surface area contributed by atoms with E-state index in [1.54, 1.807) is 18.6 Å². The van der Waals surface area contributed by atoms with Gasteiger partial charge in [-0.3, -0.25) is 9.78 Å². The van der Waals surface area contributed by atoms with Crippen LogP contribution >= 0.6 is 0 Å². The van der Waals surface area contributed by atoms with Gasteiger partial charge in [-0.05, 0) is 38.4 Å². The number of hydrogen-bond donors (Lipinski definition) is 0. The number of aromatic nitrogens is 2. The summed E-state index contributed by atoms with van der Waals surface area (Å²) in [4.78, 5) is 26.2. The lowest BCUT2D eigenvalue weighted by Crippen LogP contribution is -2.45. The van der Waals surface area contributed by atoms with Crippen LogP contribution in [0.5, 0.6) is 0 Å². The van der Waals surface area contributed by atoms with Crippen LogP contribution in [0.2, 0.25) is 0 Å². The van der Waals surface area contributed by atoms with E-state index in [1.807, 2.05) is 6.07 Å². The quantitative estimate of drug-likeness (QED) is 0.846. The molecule has 0 unspecified atom stereocenters. The highest BCUT2D eigenvalue weighted by molar-refractivity contribution is 5.92. The molecule has 130 valence electrons. The number of amides is 1. The van der Waals surface area contributed by atoms with Gasteiger partial charge in [0.15, 0.2) is 0 Å². The van der Waals surface area contributed by atoms with Crippen molar-refractivity contribution in [2.24, 2.45) is 0 Å². The smallest absolute Gasteiger partial charge is 0.274 e. The average Bonchev–Trinajstić information content (AvgIpc) is 2.96. The number of likely N-dealkylation sites (N-methyl/N-ethyl adjacent to an activating group) is 1. The van der Waals surface area contributed by atoms with Crippen LogP contribution in [-0.4, -0.2) is 51.4 Å². The summed E-state index contributed by atoms with van der Waals surface area (Å²) in [6, 6.07) is 11.2. The zero-order chi connectivity index (χ0) is 17.2. The van der Waals surface area contributed by atoms with Gasteiger partial charge in [0.05, 0.1) is 12.2 Å². The highest BCUT2D eigenvalue weighted by atomic mass is 16.2. The fourth-order valence-electron chi connectivity index (χ4n) is 4.41. The van der Waals surface area contributed by atoms with Crippen molar-refractivity contribution in [3.05, 3.63) is 60.2 Å². The van der Waals surface area contributed by atoms with Gasteiger partial charge in [0.2, 0.25) is 0 Å². The van der Waals surface area contributed by atoms with Crippen molar-refractivity contribution in [1.29, 1.82) is 0 Å². The molecule has 2 fully saturated rings. The standard InChI is InChI=1S/C20H24N4O/c1-23-12-6-5-9-17-19(23)13-18(15-7-3-2-4-8-15)24(17)20(25)16-14-21-10-11-22-16/h2-4,7-8,10-11,14,17-19H,5-6,9,12-13H2,1H3/t17-,18-,19+/m0/s1. The summed E-state index contributed by atoms with van der Waals surface area (Å²) in [6.45, 7) is 1.11. The summed E-state index contributed by atoms with van der Waals surface area (Å²) < 4.78 is 0. The molecule has 5 heteroatoms. The first-order valence-electron chi connectivity index (χ1n) is 9.09. The van der Waals surface area contributed by atoms with Gasteiger partial charge in [0.25, 0.3) is 5.91 Å². The highest BCUT2D eigenvalue weighted by Gasteiger charge is 2.46. The Labute approximate surface area is 148 Å². The minimum Gasteiger partial charge on any atom is -0.326 e. The number of carbonyl (C=O) groups excluding carboxylic acids is 1. The number of hydrogen-bond acceptors (Lipinski definition) is 4. The van der Waals surface area contributed by atoms with Crippen LogP contribution in [0.1, 0.15) is 47.8 Å². The van der Waals surface area contributed by atoms with Gasteiger partial charge < -0.3 is 9.80 Å². The highest BCUT2D eigenvalue weighted by Crippen LogP contribution is 2.42. The van der Waals surface area contributed by atoms with Crippen LogP contribution < -0.4 is 0 Å². The van der Waals surface area contributed by atoms with Crippen LogP contribution in [0.3, 0.4) is 0 Å². The Hall–Kier alpha value is -2.27. The average molecular weight is 336 g/mol. The van der Waals surface area contributed by atoms with Crippen molar-refractivity contribution in [1.82, 2.24) is 19.8 Å². The summed E-state index contributed by atoms with van der Waals surface area (Å²) in [5, 5.41) is 0. The number of rotatable bonds is 2. The lowest BCUT2D eigenvalue weighted by Gasteiger charge is -2.32. The molecule has 3 heterocycles. The Morgan fingerprint density at radius 3 is 2.72 bits per heavy atom. The molecule has 2 saturated heterocycles. The molecule has 2 aliphatic heterocycles. The van der Waals surface area contributed by atoms with E-state index >= 15 is 0 Å². The second-order valence-electron chi connectivity index (χ2n) is 7.08. The monoisotopic (exact) mass is 336 g/mol. The van der Waals surface area contributed by atoms with Crippen molar-refractivity contribution in [2.75, 3.05) is 13.6 Å². The molecule has 0 radical (unpaired) electrons. The van der Waals surface area contributed by atoms with Crippen molar-refractivity contribution in [3.63, 3.8) is 0 Å². The van der Waals surface area contributed by atoms with Crippen LogP contribution in [0.4, 0.5) is 0 Å².